The summed E-state index contributed by atoms with van der Waals surface area (Å²) in [5, 5.41) is 1.40. The number of hydrogen-bond acceptors (Lipinski definition) is 2. The van der Waals surface area contributed by atoms with E-state index in [4.69, 9.17) is 23.2 Å². The fraction of sp³-hybridized carbons (Fsp3) is 0.333. The zero-order valence-corrected chi connectivity index (χ0v) is 17.4. The Bertz CT molecular complexity index is 706. The standard InChI is InChI=1S/C21H25Cl2NS/c1-4-24(5-2)13-12-16(3)17-7-10-20(11-8-17)25-15-18-6-9-19(22)14-21(18)23/h6-12,14H,4-5,13,15H2,1-3H3. The van der Waals surface area contributed by atoms with Gasteiger partial charge in [-0.15, -0.1) is 11.8 Å². The van der Waals surface area contributed by atoms with E-state index in [0.29, 0.717) is 5.02 Å². The van der Waals surface area contributed by atoms with Crippen LogP contribution < -0.4 is 0 Å². The van der Waals surface area contributed by atoms with Crippen LogP contribution in [-0.4, -0.2) is 24.5 Å². The Kier molecular flexibility index (Phi) is 8.38. The third-order valence-electron chi connectivity index (χ3n) is 4.27. The first-order chi connectivity index (χ1) is 12.0. The van der Waals surface area contributed by atoms with Gasteiger partial charge in [-0.25, -0.2) is 0 Å². The van der Waals surface area contributed by atoms with Crippen LogP contribution >= 0.6 is 35.0 Å². The van der Waals surface area contributed by atoms with E-state index in [9.17, 15) is 0 Å². The number of halogens is 2. The highest BCUT2D eigenvalue weighted by Crippen LogP contribution is 2.29. The summed E-state index contributed by atoms with van der Waals surface area (Å²) < 4.78 is 0. The average molecular weight is 394 g/mol. The molecule has 0 aromatic heterocycles. The molecule has 0 N–H and O–H groups in total. The minimum absolute atomic E-state index is 0.676. The first-order valence-electron chi connectivity index (χ1n) is 8.59. The molecule has 0 spiro atoms. The zero-order chi connectivity index (χ0) is 18.2. The van der Waals surface area contributed by atoms with Gasteiger partial charge in [0.15, 0.2) is 0 Å². The molecule has 0 radical (unpaired) electrons. The third kappa shape index (κ3) is 6.38. The quantitative estimate of drug-likeness (QED) is 0.442. The minimum atomic E-state index is 0.676. The molecule has 2 aromatic carbocycles. The van der Waals surface area contributed by atoms with Crippen molar-refractivity contribution in [3.05, 3.63) is 69.7 Å². The van der Waals surface area contributed by atoms with Gasteiger partial charge < -0.3 is 4.90 Å². The number of nitrogens with zero attached hydrogens (tertiary/aromatic N) is 1. The minimum Gasteiger partial charge on any atom is -0.300 e. The van der Waals surface area contributed by atoms with Gasteiger partial charge in [-0.2, -0.15) is 0 Å². The molecule has 0 aliphatic heterocycles. The van der Waals surface area contributed by atoms with E-state index < -0.39 is 0 Å². The monoisotopic (exact) mass is 393 g/mol. The molecule has 2 rings (SSSR count). The summed E-state index contributed by atoms with van der Waals surface area (Å²) in [6, 6.07) is 14.4. The highest BCUT2D eigenvalue weighted by molar-refractivity contribution is 7.98. The molecule has 0 unspecified atom stereocenters. The molecule has 0 aliphatic carbocycles. The van der Waals surface area contributed by atoms with Crippen molar-refractivity contribution in [1.82, 2.24) is 4.90 Å². The van der Waals surface area contributed by atoms with Crippen molar-refractivity contribution in [2.24, 2.45) is 0 Å². The smallest absolute Gasteiger partial charge is 0.0461 e. The van der Waals surface area contributed by atoms with E-state index in [1.165, 1.54) is 16.0 Å². The van der Waals surface area contributed by atoms with Crippen LogP contribution in [0.4, 0.5) is 0 Å². The lowest BCUT2D eigenvalue weighted by Gasteiger charge is -2.16. The molecule has 4 heteroatoms. The molecule has 0 aliphatic rings. The molecule has 25 heavy (non-hydrogen) atoms. The van der Waals surface area contributed by atoms with E-state index in [1.54, 1.807) is 17.8 Å². The van der Waals surface area contributed by atoms with Crippen molar-refractivity contribution < 1.29 is 0 Å². The second-order valence-electron chi connectivity index (χ2n) is 5.92. The number of likely N-dealkylation sites (N-methyl/N-ethyl adjacent to an activating group) is 1. The zero-order valence-electron chi connectivity index (χ0n) is 15.1. The van der Waals surface area contributed by atoms with Crippen molar-refractivity contribution >= 4 is 40.5 Å². The second-order valence-corrected chi connectivity index (χ2v) is 7.81. The molecule has 0 amide bonds. The van der Waals surface area contributed by atoms with Crippen LogP contribution in [0.5, 0.6) is 0 Å². The van der Waals surface area contributed by atoms with Crippen LogP contribution in [-0.2, 0) is 5.75 Å². The van der Waals surface area contributed by atoms with E-state index in [0.717, 1.165) is 36.0 Å². The van der Waals surface area contributed by atoms with Crippen molar-refractivity contribution in [1.29, 1.82) is 0 Å². The number of allylic oxidation sites excluding steroid dienone is 1. The van der Waals surface area contributed by atoms with Gasteiger partial charge in [0.1, 0.15) is 0 Å². The molecule has 0 saturated carbocycles. The SMILES string of the molecule is CCN(CC)CC=C(C)c1ccc(SCc2ccc(Cl)cc2Cl)cc1. The maximum Gasteiger partial charge on any atom is 0.0461 e. The van der Waals surface area contributed by atoms with E-state index in [2.05, 4.69) is 56.0 Å². The van der Waals surface area contributed by atoms with Crippen LogP contribution in [0.1, 0.15) is 31.9 Å². The van der Waals surface area contributed by atoms with Crippen LogP contribution in [0.3, 0.4) is 0 Å². The Hall–Kier alpha value is -0.930. The fourth-order valence-corrected chi connectivity index (χ4v) is 3.94. The van der Waals surface area contributed by atoms with Crippen LogP contribution in [0.15, 0.2) is 53.4 Å². The first kappa shape index (κ1) is 20.4. The lowest BCUT2D eigenvalue weighted by atomic mass is 10.1. The molecular formula is C21H25Cl2NS. The average Bonchev–Trinajstić information content (AvgIpc) is 2.62. The van der Waals surface area contributed by atoms with Crippen molar-refractivity contribution in [2.45, 2.75) is 31.4 Å². The third-order valence-corrected chi connectivity index (χ3v) is 5.92. The normalized spacial score (nSPS) is 12.0. The van der Waals surface area contributed by atoms with Crippen LogP contribution in [0.25, 0.3) is 5.57 Å². The van der Waals surface area contributed by atoms with Gasteiger partial charge in [0.2, 0.25) is 0 Å². The van der Waals surface area contributed by atoms with E-state index >= 15 is 0 Å². The lowest BCUT2D eigenvalue weighted by molar-refractivity contribution is 0.337. The summed E-state index contributed by atoms with van der Waals surface area (Å²) in [5.41, 5.74) is 3.71. The first-order valence-corrected chi connectivity index (χ1v) is 10.3. The van der Waals surface area contributed by atoms with E-state index in [1.807, 2.05) is 12.1 Å². The van der Waals surface area contributed by atoms with Gasteiger partial charge in [0.25, 0.3) is 0 Å². The number of hydrogen-bond donors (Lipinski definition) is 0. The van der Waals surface area contributed by atoms with Gasteiger partial charge in [-0.1, -0.05) is 61.3 Å². The summed E-state index contributed by atoms with van der Waals surface area (Å²) in [5.74, 6) is 0.839. The van der Waals surface area contributed by atoms with Crippen LogP contribution in [0.2, 0.25) is 10.0 Å². The van der Waals surface area contributed by atoms with Crippen LogP contribution in [0, 0.1) is 0 Å². The van der Waals surface area contributed by atoms with Gasteiger partial charge in [0.05, 0.1) is 0 Å². The van der Waals surface area contributed by atoms with Crippen molar-refractivity contribution in [3.63, 3.8) is 0 Å². The highest BCUT2D eigenvalue weighted by Gasteiger charge is 2.04. The summed E-state index contributed by atoms with van der Waals surface area (Å²) >= 11 is 14.0. The summed E-state index contributed by atoms with van der Waals surface area (Å²) in [6.45, 7) is 9.76. The predicted octanol–water partition coefficient (Wildman–Crippen LogP) is 7.03. The number of benzene rings is 2. The molecule has 134 valence electrons. The summed E-state index contributed by atoms with van der Waals surface area (Å²) in [4.78, 5) is 3.65. The fourth-order valence-electron chi connectivity index (χ4n) is 2.48. The highest BCUT2D eigenvalue weighted by atomic mass is 35.5. The van der Waals surface area contributed by atoms with Crippen molar-refractivity contribution in [2.75, 3.05) is 19.6 Å². The van der Waals surface area contributed by atoms with E-state index in [-0.39, 0.29) is 0 Å². The largest absolute Gasteiger partial charge is 0.300 e. The topological polar surface area (TPSA) is 3.24 Å². The molecule has 0 bridgehead atoms. The van der Waals surface area contributed by atoms with Gasteiger partial charge in [0, 0.05) is 27.2 Å². The van der Waals surface area contributed by atoms with Gasteiger partial charge in [-0.05, 0) is 61.0 Å². The Morgan fingerprint density at radius 1 is 1.04 bits per heavy atom. The summed E-state index contributed by atoms with van der Waals surface area (Å²) in [7, 11) is 0. The lowest BCUT2D eigenvalue weighted by Crippen LogP contribution is -2.22. The Morgan fingerprint density at radius 3 is 2.32 bits per heavy atom. The maximum atomic E-state index is 6.24. The Morgan fingerprint density at radius 2 is 1.72 bits per heavy atom. The molecule has 0 fully saturated rings. The Labute approximate surface area is 166 Å². The molecule has 0 atom stereocenters. The Balaban J connectivity index is 1.96. The number of rotatable bonds is 8. The van der Waals surface area contributed by atoms with Gasteiger partial charge in [-0.3, -0.25) is 0 Å². The molecule has 2 aromatic rings. The molecule has 0 saturated heterocycles. The summed E-state index contributed by atoms with van der Waals surface area (Å²) in [6.07, 6.45) is 2.31. The molecular weight excluding hydrogens is 369 g/mol. The van der Waals surface area contributed by atoms with Crippen molar-refractivity contribution in [3.8, 4) is 0 Å². The number of thioether (sulfide) groups is 1. The second kappa shape index (κ2) is 10.3. The molecule has 1 nitrogen and oxygen atoms in total. The molecule has 0 heterocycles. The predicted molar refractivity (Wildman–Crippen MR) is 114 cm³/mol. The maximum absolute atomic E-state index is 6.24. The van der Waals surface area contributed by atoms with Gasteiger partial charge >= 0.3 is 0 Å².